The third-order valence-corrected chi connectivity index (χ3v) is 5.86. The summed E-state index contributed by atoms with van der Waals surface area (Å²) in [4.78, 5) is 23.4. The lowest BCUT2D eigenvalue weighted by Crippen LogP contribution is -2.12. The maximum atomic E-state index is 12.8. The van der Waals surface area contributed by atoms with E-state index in [-0.39, 0.29) is 23.8 Å². The Morgan fingerprint density at radius 3 is 2.69 bits per heavy atom. The maximum absolute atomic E-state index is 12.8. The van der Waals surface area contributed by atoms with Crippen LogP contribution >= 0.6 is 23.2 Å². The predicted octanol–water partition coefficient (Wildman–Crippen LogP) is 6.19. The van der Waals surface area contributed by atoms with Crippen molar-refractivity contribution in [3.8, 4) is 5.75 Å². The van der Waals surface area contributed by atoms with E-state index in [4.69, 9.17) is 32.4 Å². The van der Waals surface area contributed by atoms with Gasteiger partial charge in [-0.3, -0.25) is 19.6 Å². The van der Waals surface area contributed by atoms with Gasteiger partial charge in [-0.25, -0.2) is 0 Å². The van der Waals surface area contributed by atoms with Crippen LogP contribution < -0.4 is 10.1 Å². The minimum absolute atomic E-state index is 0.0680. The number of nitro benzene ring substituents is 1. The van der Waals surface area contributed by atoms with Gasteiger partial charge >= 0.3 is 5.69 Å². The van der Waals surface area contributed by atoms with Crippen LogP contribution in [0.2, 0.25) is 10.0 Å². The lowest BCUT2D eigenvalue weighted by atomic mass is 10.2. The third kappa shape index (κ3) is 5.47. The zero-order valence-corrected chi connectivity index (χ0v) is 20.3. The van der Waals surface area contributed by atoms with Crippen LogP contribution in [-0.2, 0) is 13.2 Å². The molecule has 0 bridgehead atoms. The predicted molar refractivity (Wildman–Crippen MR) is 131 cm³/mol. The first kappa shape index (κ1) is 24.3. The van der Waals surface area contributed by atoms with Crippen molar-refractivity contribution in [1.82, 2.24) is 9.78 Å². The number of anilines is 1. The van der Waals surface area contributed by atoms with Crippen molar-refractivity contribution in [2.24, 2.45) is 0 Å². The molecule has 11 heteroatoms. The van der Waals surface area contributed by atoms with Crippen molar-refractivity contribution in [3.63, 3.8) is 0 Å². The molecule has 2 heterocycles. The number of hydrogen-bond acceptors (Lipinski definition) is 6. The van der Waals surface area contributed by atoms with Crippen LogP contribution in [0.5, 0.6) is 5.75 Å². The quantitative estimate of drug-likeness (QED) is 0.221. The molecule has 35 heavy (non-hydrogen) atoms. The van der Waals surface area contributed by atoms with Crippen molar-refractivity contribution in [2.45, 2.75) is 27.0 Å². The summed E-state index contributed by atoms with van der Waals surface area (Å²) in [6.07, 6.45) is 0. The Kier molecular flexibility index (Phi) is 7.09. The molecular weight excluding hydrogens is 495 g/mol. The Morgan fingerprint density at radius 1 is 1.17 bits per heavy atom. The van der Waals surface area contributed by atoms with Crippen LogP contribution in [0.4, 0.5) is 11.4 Å². The molecule has 1 N–H and O–H groups in total. The van der Waals surface area contributed by atoms with Gasteiger partial charge in [0, 0.05) is 16.1 Å². The Morgan fingerprint density at radius 2 is 1.94 bits per heavy atom. The van der Waals surface area contributed by atoms with Crippen molar-refractivity contribution >= 4 is 40.5 Å². The summed E-state index contributed by atoms with van der Waals surface area (Å²) in [5, 5.41) is 19.5. The van der Waals surface area contributed by atoms with E-state index in [0.717, 1.165) is 11.3 Å². The zero-order valence-electron chi connectivity index (χ0n) is 18.7. The minimum Gasteiger partial charge on any atom is -0.479 e. The van der Waals surface area contributed by atoms with E-state index < -0.39 is 10.8 Å². The normalized spacial score (nSPS) is 10.9. The van der Waals surface area contributed by atoms with E-state index in [1.807, 2.05) is 13.0 Å². The zero-order chi connectivity index (χ0) is 25.1. The molecule has 0 saturated heterocycles. The van der Waals surface area contributed by atoms with Crippen LogP contribution in [0.25, 0.3) is 0 Å². The number of hydrogen-bond donors (Lipinski definition) is 1. The standard InChI is InChI=1S/C24H20Cl2N4O5/c1-14-23(15(2)29(28-14)12-16-7-8-17(25)11-19(16)26)27-24(31)22-10-9-18(35-22)13-34-21-6-4-3-5-20(21)30(32)33/h3-11H,12-13H2,1-2H3,(H,27,31). The summed E-state index contributed by atoms with van der Waals surface area (Å²) in [6, 6.07) is 14.4. The third-order valence-electron chi connectivity index (χ3n) is 5.27. The maximum Gasteiger partial charge on any atom is 0.310 e. The number of rotatable bonds is 8. The van der Waals surface area contributed by atoms with Gasteiger partial charge in [-0.2, -0.15) is 5.10 Å². The first-order chi connectivity index (χ1) is 16.7. The molecule has 0 spiro atoms. The van der Waals surface area contributed by atoms with Gasteiger partial charge in [0.2, 0.25) is 0 Å². The number of halogens is 2. The van der Waals surface area contributed by atoms with Crippen molar-refractivity contribution in [2.75, 3.05) is 5.32 Å². The molecule has 2 aromatic heterocycles. The number of carbonyl (C=O) groups excluding carboxylic acids is 1. The van der Waals surface area contributed by atoms with Crippen LogP contribution in [0, 0.1) is 24.0 Å². The number of furan rings is 1. The molecule has 0 aliphatic heterocycles. The van der Waals surface area contributed by atoms with Gasteiger partial charge < -0.3 is 14.5 Å². The number of ether oxygens (including phenoxy) is 1. The summed E-state index contributed by atoms with van der Waals surface area (Å²) in [5.41, 5.74) is 2.63. The average Bonchev–Trinajstić information content (AvgIpc) is 3.40. The van der Waals surface area contributed by atoms with E-state index in [1.54, 1.807) is 41.9 Å². The molecule has 9 nitrogen and oxygen atoms in total. The number of nitrogens with zero attached hydrogens (tertiary/aromatic N) is 3. The summed E-state index contributed by atoms with van der Waals surface area (Å²) in [5.74, 6) is 0.0600. The van der Waals surface area contributed by atoms with Crippen molar-refractivity contribution in [3.05, 3.63) is 103 Å². The smallest absolute Gasteiger partial charge is 0.310 e. The van der Waals surface area contributed by atoms with E-state index in [0.29, 0.717) is 33.7 Å². The SMILES string of the molecule is Cc1nn(Cc2ccc(Cl)cc2Cl)c(C)c1NC(=O)c1ccc(COc2ccccc2[N+](=O)[O-])o1. The lowest BCUT2D eigenvalue weighted by molar-refractivity contribution is -0.386. The molecule has 0 fully saturated rings. The van der Waals surface area contributed by atoms with Gasteiger partial charge in [-0.05, 0) is 49.7 Å². The molecule has 0 unspecified atom stereocenters. The summed E-state index contributed by atoms with van der Waals surface area (Å²) >= 11 is 12.3. The fourth-order valence-electron chi connectivity index (χ4n) is 3.47. The summed E-state index contributed by atoms with van der Waals surface area (Å²) in [6.45, 7) is 3.97. The Bertz CT molecular complexity index is 1410. The monoisotopic (exact) mass is 514 g/mol. The highest BCUT2D eigenvalue weighted by Gasteiger charge is 2.19. The number of para-hydroxylation sites is 2. The number of aryl methyl sites for hydroxylation is 1. The van der Waals surface area contributed by atoms with Gasteiger partial charge in [-0.1, -0.05) is 41.4 Å². The second kappa shape index (κ2) is 10.2. The van der Waals surface area contributed by atoms with Gasteiger partial charge in [0.25, 0.3) is 5.91 Å². The fourth-order valence-corrected chi connectivity index (χ4v) is 3.94. The van der Waals surface area contributed by atoms with Gasteiger partial charge in [-0.15, -0.1) is 0 Å². The Balaban J connectivity index is 1.44. The van der Waals surface area contributed by atoms with E-state index in [1.165, 1.54) is 18.2 Å². The molecule has 0 aliphatic carbocycles. The largest absolute Gasteiger partial charge is 0.479 e. The summed E-state index contributed by atoms with van der Waals surface area (Å²) in [7, 11) is 0. The van der Waals surface area contributed by atoms with Crippen LogP contribution in [0.15, 0.2) is 59.0 Å². The van der Waals surface area contributed by atoms with Crippen LogP contribution in [0.3, 0.4) is 0 Å². The summed E-state index contributed by atoms with van der Waals surface area (Å²) < 4.78 is 12.8. The van der Waals surface area contributed by atoms with Crippen LogP contribution in [-0.4, -0.2) is 20.6 Å². The molecule has 0 radical (unpaired) electrons. The van der Waals surface area contributed by atoms with Gasteiger partial charge in [0.15, 0.2) is 11.5 Å². The minimum atomic E-state index is -0.526. The van der Waals surface area contributed by atoms with Gasteiger partial charge in [0.05, 0.1) is 28.5 Å². The Hall–Kier alpha value is -3.82. The number of aromatic nitrogens is 2. The molecule has 0 aliphatic rings. The van der Waals surface area contributed by atoms with Gasteiger partial charge in [0.1, 0.15) is 12.4 Å². The number of carbonyl (C=O) groups is 1. The topological polar surface area (TPSA) is 112 Å². The van der Waals surface area contributed by atoms with E-state index in [2.05, 4.69) is 10.4 Å². The highest BCUT2D eigenvalue weighted by molar-refractivity contribution is 6.35. The number of amides is 1. The molecule has 1 amide bonds. The fraction of sp³-hybridized carbons (Fsp3) is 0.167. The average molecular weight is 515 g/mol. The van der Waals surface area contributed by atoms with E-state index in [9.17, 15) is 14.9 Å². The molecular formula is C24H20Cl2N4O5. The number of nitro groups is 1. The second-order valence-electron chi connectivity index (χ2n) is 7.67. The Labute approximate surface area is 210 Å². The van der Waals surface area contributed by atoms with Crippen molar-refractivity contribution in [1.29, 1.82) is 0 Å². The highest BCUT2D eigenvalue weighted by Crippen LogP contribution is 2.28. The number of benzene rings is 2. The van der Waals surface area contributed by atoms with E-state index >= 15 is 0 Å². The first-order valence-electron chi connectivity index (χ1n) is 10.5. The lowest BCUT2D eigenvalue weighted by Gasteiger charge is -2.08. The van der Waals surface area contributed by atoms with Crippen LogP contribution in [0.1, 0.15) is 33.3 Å². The second-order valence-corrected chi connectivity index (χ2v) is 8.52. The molecule has 180 valence electrons. The molecule has 0 saturated carbocycles. The van der Waals surface area contributed by atoms with Crippen molar-refractivity contribution < 1.29 is 18.9 Å². The molecule has 4 rings (SSSR count). The molecule has 2 aromatic carbocycles. The molecule has 0 atom stereocenters. The number of nitrogens with one attached hydrogen (secondary N) is 1. The molecule has 4 aromatic rings. The highest BCUT2D eigenvalue weighted by atomic mass is 35.5. The first-order valence-corrected chi connectivity index (χ1v) is 11.2.